The maximum Gasteiger partial charge on any atom is 0.140 e. The minimum atomic E-state index is 0.743. The molecule has 22 heavy (non-hydrogen) atoms. The second-order valence-electron chi connectivity index (χ2n) is 6.42. The lowest BCUT2D eigenvalue weighted by Gasteiger charge is -2.43. The van der Waals surface area contributed by atoms with Gasteiger partial charge in [0.25, 0.3) is 0 Å². The van der Waals surface area contributed by atoms with Gasteiger partial charge >= 0.3 is 0 Å². The Kier molecular flexibility index (Phi) is 3.98. The van der Waals surface area contributed by atoms with Crippen molar-refractivity contribution < 1.29 is 0 Å². The van der Waals surface area contributed by atoms with Crippen molar-refractivity contribution in [1.29, 1.82) is 0 Å². The largest absolute Gasteiger partial charge is 0.353 e. The van der Waals surface area contributed by atoms with E-state index in [1.54, 1.807) is 17.7 Å². The Labute approximate surface area is 135 Å². The fourth-order valence-corrected chi connectivity index (χ4v) is 4.49. The number of likely N-dealkylation sites (N-methyl/N-ethyl adjacent to an activating group) is 1. The second-order valence-corrected chi connectivity index (χ2v) is 7.31. The molecule has 1 atom stereocenters. The summed E-state index contributed by atoms with van der Waals surface area (Å²) in [4.78, 5) is 17.6. The van der Waals surface area contributed by atoms with Gasteiger partial charge in [-0.15, -0.1) is 11.3 Å². The number of aromatic nitrogens is 2. The second kappa shape index (κ2) is 6.10. The molecule has 4 rings (SSSR count). The van der Waals surface area contributed by atoms with Gasteiger partial charge in [0.1, 0.15) is 17.0 Å². The third-order valence-corrected chi connectivity index (χ3v) is 5.79. The van der Waals surface area contributed by atoms with E-state index >= 15 is 0 Å². The lowest BCUT2D eigenvalue weighted by Crippen LogP contribution is -2.54. The summed E-state index contributed by atoms with van der Waals surface area (Å²) in [6, 6.07) is 2.89. The Morgan fingerprint density at radius 1 is 1.14 bits per heavy atom. The zero-order valence-corrected chi connectivity index (χ0v) is 13.9. The Balaban J connectivity index is 1.44. The number of anilines is 1. The van der Waals surface area contributed by atoms with E-state index in [-0.39, 0.29) is 0 Å². The summed E-state index contributed by atoms with van der Waals surface area (Å²) in [7, 11) is 2.25. The maximum atomic E-state index is 4.55. The van der Waals surface area contributed by atoms with E-state index in [9.17, 15) is 0 Å². The zero-order valence-electron chi connectivity index (χ0n) is 13.1. The Hall–Kier alpha value is -1.24. The lowest BCUT2D eigenvalue weighted by molar-refractivity contribution is 0.106. The van der Waals surface area contributed by atoms with E-state index in [0.29, 0.717) is 0 Å². The van der Waals surface area contributed by atoms with Crippen LogP contribution in [0.1, 0.15) is 12.8 Å². The molecule has 0 saturated carbocycles. The summed E-state index contributed by atoms with van der Waals surface area (Å²) in [6.45, 7) is 6.92. The summed E-state index contributed by atoms with van der Waals surface area (Å²) in [5, 5.41) is 3.31. The van der Waals surface area contributed by atoms with Crippen LogP contribution in [0.15, 0.2) is 17.8 Å². The number of likely N-dealkylation sites (tertiary alicyclic amines) is 1. The minimum absolute atomic E-state index is 0.743. The normalized spacial score (nSPS) is 25.0. The van der Waals surface area contributed by atoms with Gasteiger partial charge in [-0.3, -0.25) is 4.90 Å². The predicted molar refractivity (Wildman–Crippen MR) is 91.7 cm³/mol. The molecule has 0 amide bonds. The van der Waals surface area contributed by atoms with Crippen LogP contribution in [0, 0.1) is 0 Å². The van der Waals surface area contributed by atoms with Crippen molar-refractivity contribution in [2.75, 3.05) is 51.2 Å². The molecule has 0 aromatic carbocycles. The van der Waals surface area contributed by atoms with Gasteiger partial charge in [-0.2, -0.15) is 0 Å². The summed E-state index contributed by atoms with van der Waals surface area (Å²) in [5.74, 6) is 1.12. The molecule has 2 aliphatic rings. The summed E-state index contributed by atoms with van der Waals surface area (Å²) >= 11 is 1.70. The maximum absolute atomic E-state index is 4.55. The molecule has 2 aromatic heterocycles. The van der Waals surface area contributed by atoms with Gasteiger partial charge in [0, 0.05) is 38.8 Å². The van der Waals surface area contributed by atoms with Gasteiger partial charge in [-0.1, -0.05) is 0 Å². The van der Waals surface area contributed by atoms with Crippen LogP contribution in [-0.4, -0.2) is 72.1 Å². The van der Waals surface area contributed by atoms with E-state index in [2.05, 4.69) is 43.2 Å². The van der Waals surface area contributed by atoms with Crippen molar-refractivity contribution in [3.05, 3.63) is 17.8 Å². The number of piperazine rings is 1. The van der Waals surface area contributed by atoms with E-state index < -0.39 is 0 Å². The smallest absolute Gasteiger partial charge is 0.140 e. The highest BCUT2D eigenvalue weighted by molar-refractivity contribution is 7.16. The van der Waals surface area contributed by atoms with Crippen molar-refractivity contribution in [2.45, 2.75) is 18.9 Å². The van der Waals surface area contributed by atoms with E-state index in [1.807, 2.05) is 0 Å². The lowest BCUT2D eigenvalue weighted by atomic mass is 10.0. The summed E-state index contributed by atoms with van der Waals surface area (Å²) in [6.07, 6.45) is 4.39. The monoisotopic (exact) mass is 317 g/mol. The van der Waals surface area contributed by atoms with Crippen molar-refractivity contribution in [2.24, 2.45) is 0 Å². The van der Waals surface area contributed by atoms with E-state index in [4.69, 9.17) is 0 Å². The molecule has 0 spiro atoms. The van der Waals surface area contributed by atoms with Crippen LogP contribution in [0.25, 0.3) is 10.2 Å². The first-order chi connectivity index (χ1) is 10.8. The Bertz CT molecular complexity index is 634. The van der Waals surface area contributed by atoms with E-state index in [1.165, 1.54) is 31.3 Å². The number of piperidine rings is 1. The molecular weight excluding hydrogens is 294 g/mol. The first-order valence-corrected chi connectivity index (χ1v) is 9.05. The van der Waals surface area contributed by atoms with Crippen molar-refractivity contribution in [3.63, 3.8) is 0 Å². The molecule has 0 radical (unpaired) electrons. The molecule has 0 bridgehead atoms. The number of nitrogens with zero attached hydrogens (tertiary/aromatic N) is 5. The molecule has 2 aromatic rings. The molecule has 118 valence electrons. The van der Waals surface area contributed by atoms with Crippen molar-refractivity contribution in [3.8, 4) is 0 Å². The summed E-state index contributed by atoms with van der Waals surface area (Å²) < 4.78 is 0. The van der Waals surface area contributed by atoms with Crippen LogP contribution in [0.5, 0.6) is 0 Å². The van der Waals surface area contributed by atoms with Crippen molar-refractivity contribution in [1.82, 2.24) is 19.8 Å². The number of thiophene rings is 1. The highest BCUT2D eigenvalue weighted by Crippen LogP contribution is 2.28. The third-order valence-electron chi connectivity index (χ3n) is 4.97. The van der Waals surface area contributed by atoms with Gasteiger partial charge in [-0.05, 0) is 37.9 Å². The first kappa shape index (κ1) is 14.4. The van der Waals surface area contributed by atoms with Crippen LogP contribution >= 0.6 is 11.3 Å². The number of fused-ring (bicyclic) bond motifs is 1. The van der Waals surface area contributed by atoms with Gasteiger partial charge in [0.2, 0.25) is 0 Å². The molecule has 2 aliphatic heterocycles. The minimum Gasteiger partial charge on any atom is -0.353 e. The standard InChI is InChI=1S/C16H23N5S/c1-19-5-2-3-13(11-19)20-6-8-21(9-7-20)15-14-4-10-22-16(14)18-12-17-15/h4,10,12-13H,2-3,5-9,11H2,1H3. The molecule has 5 nitrogen and oxygen atoms in total. The summed E-state index contributed by atoms with van der Waals surface area (Å²) in [5.41, 5.74) is 0. The van der Waals surface area contributed by atoms with Crippen LogP contribution in [0.3, 0.4) is 0 Å². The molecular formula is C16H23N5S. The highest BCUT2D eigenvalue weighted by atomic mass is 32.1. The molecule has 2 saturated heterocycles. The Morgan fingerprint density at radius 2 is 2.00 bits per heavy atom. The molecule has 4 heterocycles. The highest BCUT2D eigenvalue weighted by Gasteiger charge is 2.27. The third kappa shape index (κ3) is 2.71. The van der Waals surface area contributed by atoms with Crippen LogP contribution in [0.2, 0.25) is 0 Å². The molecule has 0 N–H and O–H groups in total. The van der Waals surface area contributed by atoms with Crippen LogP contribution in [-0.2, 0) is 0 Å². The van der Waals surface area contributed by atoms with Crippen molar-refractivity contribution >= 4 is 27.4 Å². The van der Waals surface area contributed by atoms with Gasteiger partial charge in [0.05, 0.1) is 5.39 Å². The number of hydrogen-bond acceptors (Lipinski definition) is 6. The number of hydrogen-bond donors (Lipinski definition) is 0. The number of rotatable bonds is 2. The molecule has 2 fully saturated rings. The SMILES string of the molecule is CN1CCCC(N2CCN(c3ncnc4sccc34)CC2)C1. The van der Waals surface area contributed by atoms with Gasteiger partial charge in [-0.25, -0.2) is 9.97 Å². The van der Waals surface area contributed by atoms with Gasteiger partial charge in [0.15, 0.2) is 0 Å². The van der Waals surface area contributed by atoms with Crippen LogP contribution in [0.4, 0.5) is 5.82 Å². The average Bonchev–Trinajstić information content (AvgIpc) is 3.04. The Morgan fingerprint density at radius 3 is 2.82 bits per heavy atom. The van der Waals surface area contributed by atoms with Gasteiger partial charge < -0.3 is 9.80 Å². The molecule has 0 aliphatic carbocycles. The fraction of sp³-hybridized carbons (Fsp3) is 0.625. The van der Waals surface area contributed by atoms with Crippen LogP contribution < -0.4 is 4.90 Å². The topological polar surface area (TPSA) is 35.5 Å². The molecule has 1 unspecified atom stereocenters. The fourth-order valence-electron chi connectivity index (χ4n) is 3.77. The quantitative estimate of drug-likeness (QED) is 0.845. The van der Waals surface area contributed by atoms with E-state index in [0.717, 1.165) is 42.9 Å². The zero-order chi connectivity index (χ0) is 14.9. The molecule has 6 heteroatoms. The first-order valence-electron chi connectivity index (χ1n) is 8.17. The average molecular weight is 317 g/mol. The predicted octanol–water partition coefficient (Wildman–Crippen LogP) is 1.91.